The number of ether oxygens (including phenoxy) is 2. The van der Waals surface area contributed by atoms with Gasteiger partial charge in [-0.2, -0.15) is 0 Å². The van der Waals surface area contributed by atoms with Gasteiger partial charge in [0.25, 0.3) is 11.8 Å². The maximum atomic E-state index is 14.4. The minimum atomic E-state index is -0.863. The van der Waals surface area contributed by atoms with Crippen LogP contribution in [0, 0.1) is 19.7 Å². The van der Waals surface area contributed by atoms with E-state index in [1.807, 2.05) is 0 Å². The average Bonchev–Trinajstić information content (AvgIpc) is 3.35. The molecule has 2 aliphatic rings. The molecule has 1 fully saturated rings. The van der Waals surface area contributed by atoms with Gasteiger partial charge in [0, 0.05) is 17.5 Å². The number of halogens is 1. The molecule has 33 heavy (non-hydrogen) atoms. The number of nitrogens with zero attached hydrogens (tertiary/aromatic N) is 2. The third-order valence-corrected chi connectivity index (χ3v) is 5.58. The molecule has 3 aromatic rings. The van der Waals surface area contributed by atoms with Crippen LogP contribution in [0.4, 0.5) is 14.9 Å². The monoisotopic (exact) mass is 447 g/mol. The van der Waals surface area contributed by atoms with Crippen molar-refractivity contribution in [3.63, 3.8) is 0 Å². The molecule has 0 atom stereocenters. The van der Waals surface area contributed by atoms with Gasteiger partial charge >= 0.3 is 6.03 Å². The number of aryl methyl sites for hydroxylation is 1. The van der Waals surface area contributed by atoms with Crippen molar-refractivity contribution in [3.05, 3.63) is 76.9 Å². The number of para-hydroxylation sites is 1. The minimum absolute atomic E-state index is 0.0419. The zero-order chi connectivity index (χ0) is 23.3. The number of imide groups is 2. The minimum Gasteiger partial charge on any atom is -0.454 e. The largest absolute Gasteiger partial charge is 0.454 e. The third kappa shape index (κ3) is 3.34. The van der Waals surface area contributed by atoms with Crippen LogP contribution in [0.2, 0.25) is 0 Å². The second-order valence-electron chi connectivity index (χ2n) is 7.61. The summed E-state index contributed by atoms with van der Waals surface area (Å²) in [6, 6.07) is 11.8. The zero-order valence-corrected chi connectivity index (χ0v) is 17.7. The zero-order valence-electron chi connectivity index (χ0n) is 17.7. The topological polar surface area (TPSA) is 89.9 Å². The number of hydrogen-bond donors (Lipinski definition) is 1. The Hall–Kier alpha value is -4.40. The first kappa shape index (κ1) is 20.5. The maximum Gasteiger partial charge on any atom is 0.335 e. The standard InChI is InChI=1S/C24H18FN3O5/c1-13-9-15(14(2)27(13)19-6-4-3-5-18(19)25)10-17-22(29)26-24(31)28(23(17)30)16-7-8-20-21(11-16)33-12-32-20/h3-11H,12H2,1-2H3,(H,26,29,31)/b17-10+. The first-order chi connectivity index (χ1) is 15.8. The summed E-state index contributed by atoms with van der Waals surface area (Å²) < 4.78 is 26.7. The summed E-state index contributed by atoms with van der Waals surface area (Å²) in [5.74, 6) is -1.10. The molecule has 0 spiro atoms. The van der Waals surface area contributed by atoms with Gasteiger partial charge in [-0.15, -0.1) is 0 Å². The molecule has 9 heteroatoms. The predicted molar refractivity (Wildman–Crippen MR) is 117 cm³/mol. The smallest absolute Gasteiger partial charge is 0.335 e. The molecule has 0 bridgehead atoms. The maximum absolute atomic E-state index is 14.4. The molecule has 2 aliphatic heterocycles. The molecule has 0 saturated carbocycles. The van der Waals surface area contributed by atoms with Crippen LogP contribution in [0.3, 0.4) is 0 Å². The van der Waals surface area contributed by atoms with Crippen molar-refractivity contribution < 1.29 is 28.2 Å². The van der Waals surface area contributed by atoms with Crippen LogP contribution < -0.4 is 19.7 Å². The number of aromatic nitrogens is 1. The second kappa shape index (κ2) is 7.63. The second-order valence-corrected chi connectivity index (χ2v) is 7.61. The number of barbiturate groups is 1. The Morgan fingerprint density at radius 3 is 2.55 bits per heavy atom. The number of nitrogens with one attached hydrogen (secondary N) is 1. The van der Waals surface area contributed by atoms with E-state index >= 15 is 0 Å². The van der Waals surface area contributed by atoms with Crippen molar-refractivity contribution >= 4 is 29.6 Å². The number of fused-ring (bicyclic) bond motifs is 1. The van der Waals surface area contributed by atoms with E-state index in [0.717, 1.165) is 10.6 Å². The summed E-state index contributed by atoms with van der Waals surface area (Å²) in [4.78, 5) is 39.1. The Morgan fingerprint density at radius 2 is 1.76 bits per heavy atom. The molecule has 166 valence electrons. The van der Waals surface area contributed by atoms with Crippen LogP contribution >= 0.6 is 0 Å². The normalized spacial score (nSPS) is 16.5. The molecular weight excluding hydrogens is 429 g/mol. The number of urea groups is 1. The summed E-state index contributed by atoms with van der Waals surface area (Å²) in [6.45, 7) is 3.60. The number of carbonyl (C=O) groups is 3. The van der Waals surface area contributed by atoms with Crippen molar-refractivity contribution in [1.82, 2.24) is 9.88 Å². The Kier molecular flexibility index (Phi) is 4.74. The summed E-state index contributed by atoms with van der Waals surface area (Å²) in [6.07, 6.45) is 1.41. The lowest BCUT2D eigenvalue weighted by Gasteiger charge is -2.26. The lowest BCUT2D eigenvalue weighted by Crippen LogP contribution is -2.54. The van der Waals surface area contributed by atoms with E-state index < -0.39 is 23.7 Å². The van der Waals surface area contributed by atoms with E-state index in [2.05, 4.69) is 5.32 Å². The average molecular weight is 447 g/mol. The quantitative estimate of drug-likeness (QED) is 0.489. The number of carbonyl (C=O) groups excluding carboxylic acids is 3. The fourth-order valence-electron chi connectivity index (χ4n) is 4.01. The molecule has 1 N–H and O–H groups in total. The van der Waals surface area contributed by atoms with Crippen molar-refractivity contribution in [2.75, 3.05) is 11.7 Å². The SMILES string of the molecule is Cc1cc(/C=C2\C(=O)NC(=O)N(c3ccc4c(c3)OCO4)C2=O)c(C)n1-c1ccccc1F. The van der Waals surface area contributed by atoms with Gasteiger partial charge < -0.3 is 14.0 Å². The molecule has 8 nitrogen and oxygen atoms in total. The Morgan fingerprint density at radius 1 is 1.00 bits per heavy atom. The summed E-state index contributed by atoms with van der Waals surface area (Å²) in [7, 11) is 0. The van der Waals surface area contributed by atoms with E-state index in [1.54, 1.807) is 48.7 Å². The lowest BCUT2D eigenvalue weighted by molar-refractivity contribution is -0.122. The fourth-order valence-corrected chi connectivity index (χ4v) is 4.01. The van der Waals surface area contributed by atoms with Crippen molar-refractivity contribution in [2.24, 2.45) is 0 Å². The van der Waals surface area contributed by atoms with Gasteiger partial charge in [0.1, 0.15) is 11.4 Å². The van der Waals surface area contributed by atoms with Gasteiger partial charge in [-0.1, -0.05) is 12.1 Å². The molecule has 2 aromatic carbocycles. The lowest BCUT2D eigenvalue weighted by atomic mass is 10.1. The van der Waals surface area contributed by atoms with Crippen LogP contribution in [0.15, 0.2) is 54.1 Å². The summed E-state index contributed by atoms with van der Waals surface area (Å²) in [5.41, 5.74) is 2.27. The Labute approximate surface area is 187 Å². The van der Waals surface area contributed by atoms with Crippen molar-refractivity contribution in [2.45, 2.75) is 13.8 Å². The molecule has 0 radical (unpaired) electrons. The van der Waals surface area contributed by atoms with Gasteiger partial charge in [0.05, 0.1) is 11.4 Å². The van der Waals surface area contributed by atoms with Crippen LogP contribution in [0.1, 0.15) is 17.0 Å². The molecule has 3 heterocycles. The Bertz CT molecular complexity index is 1370. The summed E-state index contributed by atoms with van der Waals surface area (Å²) >= 11 is 0. The van der Waals surface area contributed by atoms with Gasteiger partial charge in [0.2, 0.25) is 6.79 Å². The highest BCUT2D eigenvalue weighted by molar-refractivity contribution is 6.39. The van der Waals surface area contributed by atoms with Crippen LogP contribution in [0.25, 0.3) is 11.8 Å². The number of amides is 4. The highest BCUT2D eigenvalue weighted by atomic mass is 19.1. The molecule has 0 unspecified atom stereocenters. The first-order valence-corrected chi connectivity index (χ1v) is 10.1. The first-order valence-electron chi connectivity index (χ1n) is 10.1. The van der Waals surface area contributed by atoms with Gasteiger partial charge in [-0.25, -0.2) is 14.1 Å². The van der Waals surface area contributed by atoms with Gasteiger partial charge in [-0.05, 0) is 55.8 Å². The van der Waals surface area contributed by atoms with Crippen LogP contribution in [-0.2, 0) is 9.59 Å². The Balaban J connectivity index is 1.55. The van der Waals surface area contributed by atoms with E-state index in [-0.39, 0.29) is 18.1 Å². The highest BCUT2D eigenvalue weighted by Gasteiger charge is 2.37. The molecule has 1 aromatic heterocycles. The van der Waals surface area contributed by atoms with Crippen molar-refractivity contribution in [3.8, 4) is 17.2 Å². The van der Waals surface area contributed by atoms with E-state index in [9.17, 15) is 18.8 Å². The predicted octanol–water partition coefficient (Wildman–Crippen LogP) is 3.63. The van der Waals surface area contributed by atoms with E-state index in [0.29, 0.717) is 28.4 Å². The fraction of sp³-hybridized carbons (Fsp3) is 0.125. The van der Waals surface area contributed by atoms with Crippen LogP contribution in [-0.4, -0.2) is 29.2 Å². The number of anilines is 1. The molecular formula is C24H18FN3O5. The molecule has 4 amide bonds. The molecule has 5 rings (SSSR count). The molecule has 0 aliphatic carbocycles. The molecule has 1 saturated heterocycles. The number of rotatable bonds is 3. The van der Waals surface area contributed by atoms with Gasteiger partial charge in [0.15, 0.2) is 11.5 Å². The highest BCUT2D eigenvalue weighted by Crippen LogP contribution is 2.36. The third-order valence-electron chi connectivity index (χ3n) is 5.58. The van der Waals surface area contributed by atoms with E-state index in [1.165, 1.54) is 24.3 Å². The van der Waals surface area contributed by atoms with Gasteiger partial charge in [-0.3, -0.25) is 14.9 Å². The summed E-state index contributed by atoms with van der Waals surface area (Å²) in [5, 5.41) is 2.20. The number of hydrogen-bond acceptors (Lipinski definition) is 5. The van der Waals surface area contributed by atoms with E-state index in [4.69, 9.17) is 9.47 Å². The van der Waals surface area contributed by atoms with Crippen molar-refractivity contribution in [1.29, 1.82) is 0 Å². The number of benzene rings is 2. The van der Waals surface area contributed by atoms with Crippen LogP contribution in [0.5, 0.6) is 11.5 Å².